The highest BCUT2D eigenvalue weighted by Gasteiger charge is 2.16. The number of hydrogen-bond donors (Lipinski definition) is 1. The van der Waals surface area contributed by atoms with E-state index in [2.05, 4.69) is 5.10 Å². The molecule has 0 aliphatic heterocycles. The first-order chi connectivity index (χ1) is 10.1. The Balaban J connectivity index is 2.03. The van der Waals surface area contributed by atoms with Crippen molar-refractivity contribution in [3.63, 3.8) is 0 Å². The van der Waals surface area contributed by atoms with Gasteiger partial charge in [-0.05, 0) is 42.0 Å². The van der Waals surface area contributed by atoms with E-state index in [0.29, 0.717) is 10.0 Å². The molecule has 3 nitrogen and oxygen atoms in total. The van der Waals surface area contributed by atoms with Crippen LogP contribution in [-0.2, 0) is 0 Å². The van der Waals surface area contributed by atoms with Crippen LogP contribution < -0.4 is 5.73 Å². The Bertz CT molecular complexity index is 733. The standard InChI is InChI=1S/C16H13Cl2N3/c17-12-8-11(9-13(18)10-12)16(19)15-6-7-20-21(15)14-4-2-1-3-5-14/h1-10,16H,19H2. The second-order valence-corrected chi connectivity index (χ2v) is 5.56. The van der Waals surface area contributed by atoms with Gasteiger partial charge in [0.05, 0.1) is 17.4 Å². The molecule has 2 aromatic carbocycles. The summed E-state index contributed by atoms with van der Waals surface area (Å²) in [6, 6.07) is 16.7. The SMILES string of the molecule is NC(c1cc(Cl)cc(Cl)c1)c1ccnn1-c1ccccc1. The van der Waals surface area contributed by atoms with Gasteiger partial charge in [0, 0.05) is 16.2 Å². The van der Waals surface area contributed by atoms with Gasteiger partial charge < -0.3 is 5.73 Å². The highest BCUT2D eigenvalue weighted by atomic mass is 35.5. The molecule has 3 rings (SSSR count). The van der Waals surface area contributed by atoms with Crippen LogP contribution in [0.3, 0.4) is 0 Å². The lowest BCUT2D eigenvalue weighted by Crippen LogP contribution is -2.16. The van der Waals surface area contributed by atoms with Gasteiger partial charge in [-0.3, -0.25) is 0 Å². The predicted octanol–water partition coefficient (Wildman–Crippen LogP) is 4.23. The fourth-order valence-electron chi connectivity index (χ4n) is 2.26. The minimum absolute atomic E-state index is 0.357. The second kappa shape index (κ2) is 5.90. The summed E-state index contributed by atoms with van der Waals surface area (Å²) < 4.78 is 1.82. The first-order valence-electron chi connectivity index (χ1n) is 6.46. The summed E-state index contributed by atoms with van der Waals surface area (Å²) in [7, 11) is 0. The van der Waals surface area contributed by atoms with Crippen LogP contribution >= 0.6 is 23.2 Å². The molecule has 1 heterocycles. The Kier molecular flexibility index (Phi) is 3.97. The van der Waals surface area contributed by atoms with Crippen LogP contribution in [0.1, 0.15) is 17.3 Å². The Morgan fingerprint density at radius 3 is 2.29 bits per heavy atom. The number of benzene rings is 2. The van der Waals surface area contributed by atoms with E-state index in [9.17, 15) is 0 Å². The van der Waals surface area contributed by atoms with Crippen LogP contribution in [0.2, 0.25) is 10.0 Å². The zero-order valence-electron chi connectivity index (χ0n) is 11.1. The van der Waals surface area contributed by atoms with Gasteiger partial charge in [-0.15, -0.1) is 0 Å². The molecule has 0 saturated carbocycles. The van der Waals surface area contributed by atoms with Gasteiger partial charge >= 0.3 is 0 Å². The summed E-state index contributed by atoms with van der Waals surface area (Å²) in [6.45, 7) is 0. The van der Waals surface area contributed by atoms with Gasteiger partial charge in [0.2, 0.25) is 0 Å². The topological polar surface area (TPSA) is 43.8 Å². The fourth-order valence-corrected chi connectivity index (χ4v) is 2.80. The van der Waals surface area contributed by atoms with E-state index < -0.39 is 0 Å². The van der Waals surface area contributed by atoms with Gasteiger partial charge in [-0.2, -0.15) is 5.10 Å². The molecular weight excluding hydrogens is 305 g/mol. The smallest absolute Gasteiger partial charge is 0.0728 e. The van der Waals surface area contributed by atoms with Gasteiger partial charge in [0.25, 0.3) is 0 Å². The average Bonchev–Trinajstić information content (AvgIpc) is 2.95. The number of halogens is 2. The molecule has 21 heavy (non-hydrogen) atoms. The molecule has 0 fully saturated rings. The molecule has 0 radical (unpaired) electrons. The van der Waals surface area contributed by atoms with Crippen molar-refractivity contribution in [1.82, 2.24) is 9.78 Å². The number of para-hydroxylation sites is 1. The van der Waals surface area contributed by atoms with E-state index in [1.165, 1.54) is 0 Å². The van der Waals surface area contributed by atoms with Gasteiger partial charge in [-0.25, -0.2) is 4.68 Å². The maximum Gasteiger partial charge on any atom is 0.0728 e. The van der Waals surface area contributed by atoms with Crippen molar-refractivity contribution in [3.05, 3.63) is 82.1 Å². The second-order valence-electron chi connectivity index (χ2n) is 4.68. The summed E-state index contributed by atoms with van der Waals surface area (Å²) in [5.74, 6) is 0. The van der Waals surface area contributed by atoms with Gasteiger partial charge in [0.15, 0.2) is 0 Å². The van der Waals surface area contributed by atoms with Crippen LogP contribution in [0.15, 0.2) is 60.8 Å². The molecule has 0 aliphatic carbocycles. The quantitative estimate of drug-likeness (QED) is 0.785. The van der Waals surface area contributed by atoms with Crippen LogP contribution in [-0.4, -0.2) is 9.78 Å². The maximum atomic E-state index is 6.36. The monoisotopic (exact) mass is 317 g/mol. The molecule has 3 aromatic rings. The van der Waals surface area contributed by atoms with E-state index in [1.54, 1.807) is 12.3 Å². The van der Waals surface area contributed by atoms with Crippen LogP contribution in [0.5, 0.6) is 0 Å². The highest BCUT2D eigenvalue weighted by Crippen LogP contribution is 2.27. The van der Waals surface area contributed by atoms with Crippen molar-refractivity contribution < 1.29 is 0 Å². The molecule has 1 atom stereocenters. The van der Waals surface area contributed by atoms with E-state index in [1.807, 2.05) is 53.2 Å². The zero-order chi connectivity index (χ0) is 14.8. The lowest BCUT2D eigenvalue weighted by Gasteiger charge is -2.15. The summed E-state index contributed by atoms with van der Waals surface area (Å²) in [5, 5.41) is 5.49. The lowest BCUT2D eigenvalue weighted by atomic mass is 10.0. The van der Waals surface area contributed by atoms with Crippen molar-refractivity contribution in [2.45, 2.75) is 6.04 Å². The maximum absolute atomic E-state index is 6.36. The third-order valence-corrected chi connectivity index (χ3v) is 3.67. The lowest BCUT2D eigenvalue weighted by molar-refractivity contribution is 0.739. The molecule has 0 spiro atoms. The molecular formula is C16H13Cl2N3. The number of nitrogens with two attached hydrogens (primary N) is 1. The van der Waals surface area contributed by atoms with E-state index in [-0.39, 0.29) is 6.04 Å². The van der Waals surface area contributed by atoms with E-state index in [0.717, 1.165) is 16.9 Å². The number of aromatic nitrogens is 2. The van der Waals surface area contributed by atoms with E-state index in [4.69, 9.17) is 28.9 Å². The first-order valence-corrected chi connectivity index (χ1v) is 7.21. The Labute approximate surface area is 132 Å². The molecule has 0 saturated heterocycles. The summed E-state index contributed by atoms with van der Waals surface area (Å²) in [4.78, 5) is 0. The molecule has 106 valence electrons. The molecule has 0 aliphatic rings. The van der Waals surface area contributed by atoms with E-state index >= 15 is 0 Å². The Morgan fingerprint density at radius 2 is 1.62 bits per heavy atom. The minimum atomic E-state index is -0.357. The van der Waals surface area contributed by atoms with Crippen molar-refractivity contribution in [2.75, 3.05) is 0 Å². The predicted molar refractivity (Wildman–Crippen MR) is 86.1 cm³/mol. The number of nitrogens with zero attached hydrogens (tertiary/aromatic N) is 2. The molecule has 1 aromatic heterocycles. The summed E-state index contributed by atoms with van der Waals surface area (Å²) >= 11 is 12.1. The molecule has 0 amide bonds. The Hall–Kier alpha value is -1.81. The molecule has 0 bridgehead atoms. The first kappa shape index (κ1) is 14.1. The zero-order valence-corrected chi connectivity index (χ0v) is 12.6. The van der Waals surface area contributed by atoms with Gasteiger partial charge in [-0.1, -0.05) is 41.4 Å². The fraction of sp³-hybridized carbons (Fsp3) is 0.0625. The third-order valence-electron chi connectivity index (χ3n) is 3.24. The molecule has 2 N–H and O–H groups in total. The third kappa shape index (κ3) is 2.95. The van der Waals surface area contributed by atoms with Crippen molar-refractivity contribution in [2.24, 2.45) is 5.73 Å². The van der Waals surface area contributed by atoms with Crippen LogP contribution in [0.25, 0.3) is 5.69 Å². The van der Waals surface area contributed by atoms with Crippen molar-refractivity contribution in [1.29, 1.82) is 0 Å². The largest absolute Gasteiger partial charge is 0.319 e. The number of hydrogen-bond acceptors (Lipinski definition) is 2. The molecule has 5 heteroatoms. The van der Waals surface area contributed by atoms with Gasteiger partial charge in [0.1, 0.15) is 0 Å². The number of rotatable bonds is 3. The highest BCUT2D eigenvalue weighted by molar-refractivity contribution is 6.34. The normalized spacial score (nSPS) is 12.3. The van der Waals surface area contributed by atoms with Crippen molar-refractivity contribution >= 4 is 23.2 Å². The van der Waals surface area contributed by atoms with Crippen LogP contribution in [0.4, 0.5) is 0 Å². The summed E-state index contributed by atoms with van der Waals surface area (Å²) in [5.41, 5.74) is 9.04. The minimum Gasteiger partial charge on any atom is -0.319 e. The average molecular weight is 318 g/mol. The summed E-state index contributed by atoms with van der Waals surface area (Å²) in [6.07, 6.45) is 1.73. The molecule has 1 unspecified atom stereocenters. The Morgan fingerprint density at radius 1 is 0.952 bits per heavy atom. The van der Waals surface area contributed by atoms with Crippen LogP contribution in [0, 0.1) is 0 Å². The van der Waals surface area contributed by atoms with Crippen molar-refractivity contribution in [3.8, 4) is 5.69 Å².